The van der Waals surface area contributed by atoms with Crippen molar-refractivity contribution in [2.24, 2.45) is 0 Å². The quantitative estimate of drug-likeness (QED) is 0.428. The molecule has 2 N–H and O–H groups in total. The van der Waals surface area contributed by atoms with E-state index in [0.29, 0.717) is 13.2 Å². The Morgan fingerprint density at radius 3 is 2.60 bits per heavy atom. The number of aliphatic carboxylic acids is 1. The smallest absolute Gasteiger partial charge is 0.323 e. The SMILES string of the molecule is CCOC(=O)[C@H](CC(=O)O)NCCOC. The number of rotatable bonds is 8. The molecule has 6 heteroatoms. The molecule has 0 saturated carbocycles. The van der Waals surface area contributed by atoms with Gasteiger partial charge in [0.25, 0.3) is 0 Å². The number of methoxy groups -OCH3 is 1. The number of carboxylic acids is 1. The number of hydrogen-bond acceptors (Lipinski definition) is 5. The van der Waals surface area contributed by atoms with Crippen molar-refractivity contribution in [2.75, 3.05) is 26.9 Å². The second-order valence-corrected chi connectivity index (χ2v) is 2.85. The highest BCUT2D eigenvalue weighted by atomic mass is 16.5. The molecule has 0 radical (unpaired) electrons. The van der Waals surface area contributed by atoms with Crippen molar-refractivity contribution in [1.29, 1.82) is 0 Å². The number of hydrogen-bond donors (Lipinski definition) is 2. The van der Waals surface area contributed by atoms with Gasteiger partial charge >= 0.3 is 11.9 Å². The van der Waals surface area contributed by atoms with Crippen LogP contribution < -0.4 is 5.32 Å². The number of nitrogens with one attached hydrogen (secondary N) is 1. The first kappa shape index (κ1) is 13.9. The molecule has 0 aliphatic carbocycles. The lowest BCUT2D eigenvalue weighted by molar-refractivity contribution is -0.150. The predicted molar refractivity (Wildman–Crippen MR) is 52.6 cm³/mol. The zero-order chi connectivity index (χ0) is 11.7. The average molecular weight is 219 g/mol. The molecule has 0 unspecified atom stereocenters. The molecular formula is C9H17NO5. The summed E-state index contributed by atoms with van der Waals surface area (Å²) < 4.78 is 9.50. The summed E-state index contributed by atoms with van der Waals surface area (Å²) in [6.07, 6.45) is -0.289. The number of carbonyl (C=O) groups is 2. The fourth-order valence-electron chi connectivity index (χ4n) is 0.992. The van der Waals surface area contributed by atoms with E-state index in [1.165, 1.54) is 7.11 Å². The van der Waals surface area contributed by atoms with E-state index in [1.807, 2.05) is 0 Å². The number of carboxylic acid groups (broad SMARTS) is 1. The third kappa shape index (κ3) is 6.87. The highest BCUT2D eigenvalue weighted by molar-refractivity contribution is 5.81. The van der Waals surface area contributed by atoms with Gasteiger partial charge in [0.15, 0.2) is 0 Å². The van der Waals surface area contributed by atoms with Crippen molar-refractivity contribution >= 4 is 11.9 Å². The van der Waals surface area contributed by atoms with Crippen molar-refractivity contribution in [2.45, 2.75) is 19.4 Å². The number of esters is 1. The van der Waals surface area contributed by atoms with Gasteiger partial charge in [-0.1, -0.05) is 0 Å². The Morgan fingerprint density at radius 2 is 2.13 bits per heavy atom. The van der Waals surface area contributed by atoms with E-state index in [9.17, 15) is 9.59 Å². The Balaban J connectivity index is 4.05. The molecule has 0 aromatic heterocycles. The lowest BCUT2D eigenvalue weighted by Gasteiger charge is -2.14. The zero-order valence-electron chi connectivity index (χ0n) is 8.99. The van der Waals surface area contributed by atoms with Crippen LogP contribution in [0.4, 0.5) is 0 Å². The number of carbonyl (C=O) groups excluding carboxylic acids is 1. The van der Waals surface area contributed by atoms with Crippen molar-refractivity contribution in [3.05, 3.63) is 0 Å². The maximum atomic E-state index is 11.3. The Labute approximate surface area is 88.6 Å². The lowest BCUT2D eigenvalue weighted by atomic mass is 10.2. The average Bonchev–Trinajstić information content (AvgIpc) is 2.16. The molecule has 0 amide bonds. The van der Waals surface area contributed by atoms with Gasteiger partial charge in [-0.3, -0.25) is 9.59 Å². The molecule has 0 aromatic carbocycles. The molecule has 0 fully saturated rings. The van der Waals surface area contributed by atoms with Crippen molar-refractivity contribution < 1.29 is 24.2 Å². The van der Waals surface area contributed by atoms with E-state index < -0.39 is 18.0 Å². The zero-order valence-corrected chi connectivity index (χ0v) is 8.99. The largest absolute Gasteiger partial charge is 0.481 e. The standard InChI is InChI=1S/C9H17NO5/c1-3-15-9(13)7(6-8(11)12)10-4-5-14-2/h7,10H,3-6H2,1-2H3,(H,11,12)/t7-/m0/s1. The topological polar surface area (TPSA) is 84.9 Å². The molecule has 88 valence electrons. The van der Waals surface area contributed by atoms with Crippen molar-refractivity contribution in [3.63, 3.8) is 0 Å². The van der Waals surface area contributed by atoms with Crippen LogP contribution in [0.5, 0.6) is 0 Å². The van der Waals surface area contributed by atoms with Gasteiger partial charge in [-0.05, 0) is 6.92 Å². The Bertz CT molecular complexity index is 207. The molecule has 15 heavy (non-hydrogen) atoms. The van der Waals surface area contributed by atoms with Crippen LogP contribution in [0.3, 0.4) is 0 Å². The van der Waals surface area contributed by atoms with Gasteiger partial charge in [0.1, 0.15) is 6.04 Å². The highest BCUT2D eigenvalue weighted by Gasteiger charge is 2.21. The van der Waals surface area contributed by atoms with Crippen LogP contribution in [0.25, 0.3) is 0 Å². The number of ether oxygens (including phenoxy) is 2. The third-order valence-corrected chi connectivity index (χ3v) is 1.65. The maximum Gasteiger partial charge on any atom is 0.323 e. The molecule has 0 rings (SSSR count). The van der Waals surface area contributed by atoms with Gasteiger partial charge < -0.3 is 19.9 Å². The predicted octanol–water partition coefficient (Wildman–Crippen LogP) is -0.371. The highest BCUT2D eigenvalue weighted by Crippen LogP contribution is 1.96. The van der Waals surface area contributed by atoms with E-state index >= 15 is 0 Å². The van der Waals surface area contributed by atoms with Crippen LogP contribution in [-0.2, 0) is 19.1 Å². The fourth-order valence-corrected chi connectivity index (χ4v) is 0.992. The summed E-state index contributed by atoms with van der Waals surface area (Å²) >= 11 is 0. The van der Waals surface area contributed by atoms with Gasteiger partial charge in [0, 0.05) is 13.7 Å². The molecule has 6 nitrogen and oxygen atoms in total. The van der Waals surface area contributed by atoms with Gasteiger partial charge in [0.2, 0.25) is 0 Å². The first-order valence-corrected chi connectivity index (χ1v) is 4.72. The van der Waals surface area contributed by atoms with Crippen LogP contribution in [0, 0.1) is 0 Å². The molecule has 0 spiro atoms. The molecule has 1 atom stereocenters. The molecule has 0 bridgehead atoms. The minimum absolute atomic E-state index is 0.237. The minimum Gasteiger partial charge on any atom is -0.481 e. The minimum atomic E-state index is -1.04. The van der Waals surface area contributed by atoms with Crippen LogP contribution in [-0.4, -0.2) is 50.0 Å². The summed E-state index contributed by atoms with van der Waals surface area (Å²) in [7, 11) is 1.53. The monoisotopic (exact) mass is 219 g/mol. The fraction of sp³-hybridized carbons (Fsp3) is 0.778. The molecule has 0 aliphatic heterocycles. The first-order valence-electron chi connectivity index (χ1n) is 4.72. The van der Waals surface area contributed by atoms with E-state index in [4.69, 9.17) is 14.6 Å². The van der Waals surface area contributed by atoms with E-state index in [1.54, 1.807) is 6.92 Å². The third-order valence-electron chi connectivity index (χ3n) is 1.65. The van der Waals surface area contributed by atoms with Gasteiger partial charge in [-0.25, -0.2) is 0 Å². The van der Waals surface area contributed by atoms with Gasteiger partial charge in [-0.2, -0.15) is 0 Å². The summed E-state index contributed by atoms with van der Waals surface area (Å²) in [5.74, 6) is -1.59. The van der Waals surface area contributed by atoms with Gasteiger partial charge in [-0.15, -0.1) is 0 Å². The van der Waals surface area contributed by atoms with Crippen LogP contribution in [0.2, 0.25) is 0 Å². The summed E-state index contributed by atoms with van der Waals surface area (Å²) in [6, 6.07) is -0.808. The van der Waals surface area contributed by atoms with Crippen molar-refractivity contribution in [1.82, 2.24) is 5.32 Å². The van der Waals surface area contributed by atoms with Gasteiger partial charge in [0.05, 0.1) is 19.6 Å². The van der Waals surface area contributed by atoms with Crippen LogP contribution in [0.1, 0.15) is 13.3 Å². The molecule has 0 heterocycles. The summed E-state index contributed by atoms with van der Waals surface area (Å²) in [5, 5.41) is 11.3. The van der Waals surface area contributed by atoms with E-state index in [-0.39, 0.29) is 13.0 Å². The Hall–Kier alpha value is -1.14. The Morgan fingerprint density at radius 1 is 1.47 bits per heavy atom. The van der Waals surface area contributed by atoms with E-state index in [2.05, 4.69) is 5.32 Å². The molecule has 0 saturated heterocycles. The van der Waals surface area contributed by atoms with Crippen molar-refractivity contribution in [3.8, 4) is 0 Å². The van der Waals surface area contributed by atoms with Crippen LogP contribution >= 0.6 is 0 Å². The normalized spacial score (nSPS) is 12.1. The summed E-state index contributed by atoms with van der Waals surface area (Å²) in [6.45, 7) is 2.73. The molecular weight excluding hydrogens is 202 g/mol. The second kappa shape index (κ2) is 8.19. The first-order chi connectivity index (χ1) is 7.11. The van der Waals surface area contributed by atoms with E-state index in [0.717, 1.165) is 0 Å². The summed E-state index contributed by atoms with van der Waals surface area (Å²) in [4.78, 5) is 21.8. The molecule has 0 aromatic rings. The van der Waals surface area contributed by atoms with Crippen LogP contribution in [0.15, 0.2) is 0 Å². The molecule has 0 aliphatic rings. The maximum absolute atomic E-state index is 11.3. The Kier molecular flexibility index (Phi) is 7.57. The second-order valence-electron chi connectivity index (χ2n) is 2.85. The lowest BCUT2D eigenvalue weighted by Crippen LogP contribution is -2.41. The summed E-state index contributed by atoms with van der Waals surface area (Å²) in [5.41, 5.74) is 0.